The monoisotopic (exact) mass is 368 g/mol. The molecule has 0 unspecified atom stereocenters. The van der Waals surface area contributed by atoms with Gasteiger partial charge in [-0.25, -0.2) is 0 Å². The van der Waals surface area contributed by atoms with Gasteiger partial charge in [-0.3, -0.25) is 0 Å². The number of anilines is 2. The summed E-state index contributed by atoms with van der Waals surface area (Å²) in [6.07, 6.45) is 1.03. The predicted octanol–water partition coefficient (Wildman–Crippen LogP) is 5.47. The number of hydrogen-bond acceptors (Lipinski definition) is 1. The number of benzene rings is 2. The number of hydrogen-bond donors (Lipinski definition) is 2. The number of rotatable bonds is 3. The molecule has 0 aliphatic carbocycles. The van der Waals surface area contributed by atoms with Crippen molar-refractivity contribution in [3.8, 4) is 0 Å². The lowest BCUT2D eigenvalue weighted by Crippen LogP contribution is -2.18. The van der Waals surface area contributed by atoms with Gasteiger partial charge in [0.25, 0.3) is 0 Å². The van der Waals surface area contributed by atoms with E-state index < -0.39 is 0 Å². The molecule has 2 aromatic carbocycles. The first-order valence-corrected chi connectivity index (χ1v) is 7.78. The SMILES string of the molecule is CCc1ccc(NC(=S)Nc2ccc(Br)c(Cl)c2)cc1. The maximum absolute atomic E-state index is 6.04. The van der Waals surface area contributed by atoms with Gasteiger partial charge >= 0.3 is 0 Å². The van der Waals surface area contributed by atoms with Crippen molar-refractivity contribution in [2.75, 3.05) is 10.6 Å². The van der Waals surface area contributed by atoms with E-state index in [-0.39, 0.29) is 0 Å². The van der Waals surface area contributed by atoms with Crippen LogP contribution in [-0.4, -0.2) is 5.11 Å². The Morgan fingerprint density at radius 1 is 1.10 bits per heavy atom. The van der Waals surface area contributed by atoms with E-state index >= 15 is 0 Å². The Hall–Kier alpha value is -1.10. The fraction of sp³-hybridized carbons (Fsp3) is 0.133. The van der Waals surface area contributed by atoms with Gasteiger partial charge in [-0.2, -0.15) is 0 Å². The quantitative estimate of drug-likeness (QED) is 0.701. The van der Waals surface area contributed by atoms with E-state index in [1.54, 1.807) is 0 Å². The molecule has 0 spiro atoms. The predicted molar refractivity (Wildman–Crippen MR) is 94.8 cm³/mol. The smallest absolute Gasteiger partial charge is 0.175 e. The minimum Gasteiger partial charge on any atom is -0.332 e. The van der Waals surface area contributed by atoms with Crippen LogP contribution in [-0.2, 0) is 6.42 Å². The highest BCUT2D eigenvalue weighted by molar-refractivity contribution is 9.10. The molecule has 20 heavy (non-hydrogen) atoms. The maximum Gasteiger partial charge on any atom is 0.175 e. The zero-order chi connectivity index (χ0) is 14.5. The van der Waals surface area contributed by atoms with Crippen LogP contribution in [0, 0.1) is 0 Å². The zero-order valence-corrected chi connectivity index (χ0v) is 14.1. The molecule has 2 rings (SSSR count). The van der Waals surface area contributed by atoms with Crippen molar-refractivity contribution >= 4 is 56.2 Å². The molecule has 0 aromatic heterocycles. The van der Waals surface area contributed by atoms with Gasteiger partial charge in [0.2, 0.25) is 0 Å². The van der Waals surface area contributed by atoms with Crippen molar-refractivity contribution in [1.29, 1.82) is 0 Å². The van der Waals surface area contributed by atoms with E-state index in [2.05, 4.69) is 45.6 Å². The molecule has 0 fully saturated rings. The van der Waals surface area contributed by atoms with E-state index in [0.717, 1.165) is 22.3 Å². The summed E-state index contributed by atoms with van der Waals surface area (Å²) in [7, 11) is 0. The summed E-state index contributed by atoms with van der Waals surface area (Å²) in [5.41, 5.74) is 3.11. The van der Waals surface area contributed by atoms with E-state index in [0.29, 0.717) is 10.1 Å². The summed E-state index contributed by atoms with van der Waals surface area (Å²) in [5.74, 6) is 0. The molecule has 0 heterocycles. The Kier molecular flexibility index (Phi) is 5.40. The lowest BCUT2D eigenvalue weighted by molar-refractivity contribution is 1.14. The molecule has 0 saturated carbocycles. The Bertz CT molecular complexity index is 614. The van der Waals surface area contributed by atoms with Crippen LogP contribution < -0.4 is 10.6 Å². The summed E-state index contributed by atoms with van der Waals surface area (Å²) < 4.78 is 0.860. The summed E-state index contributed by atoms with van der Waals surface area (Å²) in [6, 6.07) is 13.8. The fourth-order valence-corrected chi connectivity index (χ4v) is 2.35. The summed E-state index contributed by atoms with van der Waals surface area (Å²) in [5, 5.41) is 7.42. The molecule has 0 bridgehead atoms. The molecule has 0 saturated heterocycles. The maximum atomic E-state index is 6.04. The first kappa shape index (κ1) is 15.3. The lowest BCUT2D eigenvalue weighted by atomic mass is 10.1. The second-order valence-corrected chi connectivity index (χ2v) is 5.93. The highest BCUT2D eigenvalue weighted by Crippen LogP contribution is 2.25. The van der Waals surface area contributed by atoms with Gasteiger partial charge in [-0.05, 0) is 70.5 Å². The van der Waals surface area contributed by atoms with Crippen molar-refractivity contribution < 1.29 is 0 Å². The van der Waals surface area contributed by atoms with Gasteiger partial charge in [0, 0.05) is 15.8 Å². The summed E-state index contributed by atoms with van der Waals surface area (Å²) in [4.78, 5) is 0. The van der Waals surface area contributed by atoms with Gasteiger partial charge in [-0.15, -0.1) is 0 Å². The molecule has 5 heteroatoms. The van der Waals surface area contributed by atoms with Crippen LogP contribution >= 0.6 is 39.7 Å². The summed E-state index contributed by atoms with van der Waals surface area (Å²) in [6.45, 7) is 2.13. The number of nitrogens with one attached hydrogen (secondary N) is 2. The standard InChI is InChI=1S/C15H14BrClN2S/c1-2-10-3-5-11(6-4-10)18-15(20)19-12-7-8-13(16)14(17)9-12/h3-9H,2H2,1H3,(H2,18,19,20). The van der Waals surface area contributed by atoms with Crippen molar-refractivity contribution in [3.63, 3.8) is 0 Å². The first-order chi connectivity index (χ1) is 9.58. The van der Waals surface area contributed by atoms with Crippen LogP contribution in [0.2, 0.25) is 5.02 Å². The minimum absolute atomic E-state index is 0.535. The average molecular weight is 370 g/mol. The second kappa shape index (κ2) is 7.07. The fourth-order valence-electron chi connectivity index (χ4n) is 1.69. The molecule has 0 aliphatic heterocycles. The Balaban J connectivity index is 1.99. The van der Waals surface area contributed by atoms with Gasteiger partial charge in [0.1, 0.15) is 0 Å². The van der Waals surface area contributed by atoms with Crippen molar-refractivity contribution in [1.82, 2.24) is 0 Å². The Labute approximate surface area is 137 Å². The van der Waals surface area contributed by atoms with Crippen LogP contribution in [0.3, 0.4) is 0 Å². The molecule has 2 nitrogen and oxygen atoms in total. The van der Waals surface area contributed by atoms with Crippen LogP contribution in [0.15, 0.2) is 46.9 Å². The van der Waals surface area contributed by atoms with Crippen LogP contribution in [0.4, 0.5) is 11.4 Å². The molecule has 0 atom stereocenters. The number of halogens is 2. The Morgan fingerprint density at radius 3 is 2.30 bits per heavy atom. The Morgan fingerprint density at radius 2 is 1.70 bits per heavy atom. The van der Waals surface area contributed by atoms with Crippen molar-refractivity contribution in [2.45, 2.75) is 13.3 Å². The molecule has 2 aromatic rings. The highest BCUT2D eigenvalue weighted by Gasteiger charge is 2.02. The number of thiocarbonyl (C=S) groups is 1. The highest BCUT2D eigenvalue weighted by atomic mass is 79.9. The van der Waals surface area contributed by atoms with Gasteiger partial charge < -0.3 is 10.6 Å². The van der Waals surface area contributed by atoms with E-state index in [1.165, 1.54) is 5.56 Å². The molecule has 0 aliphatic rings. The third kappa shape index (κ3) is 4.20. The molecular weight excluding hydrogens is 356 g/mol. The minimum atomic E-state index is 0.535. The molecule has 104 valence electrons. The summed E-state index contributed by atoms with van der Waals surface area (Å²) >= 11 is 14.7. The molecule has 2 N–H and O–H groups in total. The van der Waals surface area contributed by atoms with E-state index in [4.69, 9.17) is 23.8 Å². The van der Waals surface area contributed by atoms with E-state index in [9.17, 15) is 0 Å². The number of aryl methyl sites for hydroxylation is 1. The van der Waals surface area contributed by atoms with Crippen molar-refractivity contribution in [3.05, 3.63) is 57.5 Å². The van der Waals surface area contributed by atoms with Crippen LogP contribution in [0.1, 0.15) is 12.5 Å². The largest absolute Gasteiger partial charge is 0.332 e. The third-order valence-corrected chi connectivity index (χ3v) is 4.23. The topological polar surface area (TPSA) is 24.1 Å². The second-order valence-electron chi connectivity index (χ2n) is 4.26. The normalized spacial score (nSPS) is 10.2. The van der Waals surface area contributed by atoms with Gasteiger partial charge in [0.05, 0.1) is 5.02 Å². The average Bonchev–Trinajstić information content (AvgIpc) is 2.44. The van der Waals surface area contributed by atoms with Crippen molar-refractivity contribution in [2.24, 2.45) is 0 Å². The van der Waals surface area contributed by atoms with Crippen LogP contribution in [0.25, 0.3) is 0 Å². The molecular formula is C15H14BrClN2S. The van der Waals surface area contributed by atoms with Gasteiger partial charge in [-0.1, -0.05) is 30.7 Å². The van der Waals surface area contributed by atoms with Crippen LogP contribution in [0.5, 0.6) is 0 Å². The first-order valence-electron chi connectivity index (χ1n) is 6.20. The molecule has 0 amide bonds. The zero-order valence-electron chi connectivity index (χ0n) is 10.9. The lowest BCUT2D eigenvalue weighted by Gasteiger charge is -2.11. The third-order valence-electron chi connectivity index (χ3n) is 2.80. The molecule has 0 radical (unpaired) electrons. The van der Waals surface area contributed by atoms with E-state index in [1.807, 2.05) is 30.3 Å². The van der Waals surface area contributed by atoms with Gasteiger partial charge in [0.15, 0.2) is 5.11 Å².